The van der Waals surface area contributed by atoms with Crippen molar-refractivity contribution in [3.05, 3.63) is 17.7 Å². The number of rotatable bonds is 5. The van der Waals surface area contributed by atoms with Crippen LogP contribution in [-0.2, 0) is 16.9 Å². The highest BCUT2D eigenvalue weighted by molar-refractivity contribution is 5.11. The summed E-state index contributed by atoms with van der Waals surface area (Å²) in [7, 11) is 1.82. The van der Waals surface area contributed by atoms with Gasteiger partial charge in [0.1, 0.15) is 11.4 Å². The van der Waals surface area contributed by atoms with E-state index in [-0.39, 0.29) is 5.60 Å². The van der Waals surface area contributed by atoms with E-state index in [1.54, 1.807) is 0 Å². The molecule has 20 heavy (non-hydrogen) atoms. The third-order valence-electron chi connectivity index (χ3n) is 5.02. The maximum absolute atomic E-state index is 5.90. The number of imidazole rings is 1. The fraction of sp³-hybridized carbons (Fsp3) is 0.812. The Balaban J connectivity index is 1.69. The molecule has 4 heteroatoms. The number of methoxy groups -OCH3 is 1. The van der Waals surface area contributed by atoms with Crippen LogP contribution in [0.5, 0.6) is 0 Å². The van der Waals surface area contributed by atoms with Gasteiger partial charge >= 0.3 is 0 Å². The topological polar surface area (TPSA) is 49.9 Å². The molecule has 0 aliphatic heterocycles. The smallest absolute Gasteiger partial charge is 0.138 e. The summed E-state index contributed by atoms with van der Waals surface area (Å²) in [6.07, 6.45) is 9.09. The predicted molar refractivity (Wildman–Crippen MR) is 79.4 cm³/mol. The Bertz CT molecular complexity index is 452. The van der Waals surface area contributed by atoms with Crippen molar-refractivity contribution in [2.45, 2.75) is 70.6 Å². The van der Waals surface area contributed by atoms with Crippen LogP contribution < -0.4 is 5.32 Å². The van der Waals surface area contributed by atoms with Gasteiger partial charge < -0.3 is 15.0 Å². The molecule has 0 bridgehead atoms. The van der Waals surface area contributed by atoms with E-state index in [0.29, 0.717) is 5.41 Å². The van der Waals surface area contributed by atoms with E-state index in [2.05, 4.69) is 29.1 Å². The molecule has 112 valence electrons. The largest absolute Gasteiger partial charge is 0.370 e. The van der Waals surface area contributed by atoms with Crippen LogP contribution in [0.2, 0.25) is 0 Å². The minimum absolute atomic E-state index is 0.201. The van der Waals surface area contributed by atoms with E-state index in [1.807, 2.05) is 13.3 Å². The second-order valence-corrected chi connectivity index (χ2v) is 7.27. The molecule has 0 spiro atoms. The molecule has 3 rings (SSSR count). The Labute approximate surface area is 121 Å². The summed E-state index contributed by atoms with van der Waals surface area (Å²) in [6.45, 7) is 5.59. The van der Waals surface area contributed by atoms with Crippen molar-refractivity contribution >= 4 is 0 Å². The fourth-order valence-corrected chi connectivity index (χ4v) is 3.09. The zero-order valence-corrected chi connectivity index (χ0v) is 13.0. The molecule has 0 amide bonds. The Morgan fingerprint density at radius 2 is 2.00 bits per heavy atom. The third kappa shape index (κ3) is 2.91. The lowest BCUT2D eigenvalue weighted by molar-refractivity contribution is -0.0724. The van der Waals surface area contributed by atoms with Crippen molar-refractivity contribution in [3.63, 3.8) is 0 Å². The SMILES string of the molecule is COC1(c2ncc(CNC3CC3)[nH]2)CCC(C)(C)CC1. The summed E-state index contributed by atoms with van der Waals surface area (Å²) in [5.41, 5.74) is 1.41. The number of aromatic amines is 1. The maximum atomic E-state index is 5.90. The number of nitrogens with one attached hydrogen (secondary N) is 2. The molecule has 2 fully saturated rings. The molecule has 2 aliphatic carbocycles. The molecular formula is C16H27N3O. The minimum atomic E-state index is -0.201. The van der Waals surface area contributed by atoms with E-state index < -0.39 is 0 Å². The number of hydrogen-bond donors (Lipinski definition) is 2. The standard InChI is InChI=1S/C16H27N3O/c1-15(2)6-8-16(20-3,9-7-15)14-18-11-13(19-14)10-17-12-4-5-12/h11-12,17H,4-10H2,1-3H3,(H,18,19). The molecule has 0 radical (unpaired) electrons. The molecule has 1 heterocycles. The van der Waals surface area contributed by atoms with Crippen LogP contribution >= 0.6 is 0 Å². The number of ether oxygens (including phenoxy) is 1. The number of aromatic nitrogens is 2. The Morgan fingerprint density at radius 3 is 2.60 bits per heavy atom. The van der Waals surface area contributed by atoms with Gasteiger partial charge in [-0.1, -0.05) is 13.8 Å². The molecule has 0 aromatic carbocycles. The van der Waals surface area contributed by atoms with E-state index in [9.17, 15) is 0 Å². The molecule has 0 saturated heterocycles. The molecule has 4 nitrogen and oxygen atoms in total. The Hall–Kier alpha value is -0.870. The normalized spacial score (nSPS) is 24.8. The molecule has 0 atom stereocenters. The highest BCUT2D eigenvalue weighted by Gasteiger charge is 2.41. The first-order valence-electron chi connectivity index (χ1n) is 7.86. The second kappa shape index (κ2) is 5.15. The summed E-state index contributed by atoms with van der Waals surface area (Å²) in [5.74, 6) is 1.02. The molecule has 2 aliphatic rings. The predicted octanol–water partition coefficient (Wildman–Crippen LogP) is 3.10. The number of nitrogens with zero attached hydrogens (tertiary/aromatic N) is 1. The molecule has 2 saturated carbocycles. The van der Waals surface area contributed by atoms with Gasteiger partial charge in [-0.25, -0.2) is 4.98 Å². The summed E-state index contributed by atoms with van der Waals surface area (Å²) >= 11 is 0. The van der Waals surface area contributed by atoms with Crippen LogP contribution in [-0.4, -0.2) is 23.1 Å². The lowest BCUT2D eigenvalue weighted by Crippen LogP contribution is -2.37. The summed E-state index contributed by atoms with van der Waals surface area (Å²) in [4.78, 5) is 8.09. The molecule has 1 aromatic heterocycles. The van der Waals surface area contributed by atoms with Crippen molar-refractivity contribution in [2.75, 3.05) is 7.11 Å². The quantitative estimate of drug-likeness (QED) is 0.869. The first kappa shape index (κ1) is 14.1. The van der Waals surface area contributed by atoms with Crippen molar-refractivity contribution in [3.8, 4) is 0 Å². The van der Waals surface area contributed by atoms with Crippen LogP contribution in [0.25, 0.3) is 0 Å². The lowest BCUT2D eigenvalue weighted by atomic mass is 9.70. The van der Waals surface area contributed by atoms with Gasteiger partial charge in [-0.3, -0.25) is 0 Å². The zero-order valence-electron chi connectivity index (χ0n) is 13.0. The fourth-order valence-electron chi connectivity index (χ4n) is 3.09. The van der Waals surface area contributed by atoms with Gasteiger partial charge in [0.25, 0.3) is 0 Å². The summed E-state index contributed by atoms with van der Waals surface area (Å²) < 4.78 is 5.90. The third-order valence-corrected chi connectivity index (χ3v) is 5.02. The van der Waals surface area contributed by atoms with E-state index in [0.717, 1.165) is 31.3 Å². The zero-order chi connectivity index (χ0) is 14.2. The maximum Gasteiger partial charge on any atom is 0.138 e. The monoisotopic (exact) mass is 277 g/mol. The van der Waals surface area contributed by atoms with Crippen LogP contribution in [0.15, 0.2) is 6.20 Å². The summed E-state index contributed by atoms with van der Waals surface area (Å²) in [6, 6.07) is 0.730. The Kier molecular flexibility index (Phi) is 3.63. The molecule has 0 unspecified atom stereocenters. The number of H-pyrrole nitrogens is 1. The van der Waals surface area contributed by atoms with Crippen molar-refractivity contribution in [2.24, 2.45) is 5.41 Å². The van der Waals surface area contributed by atoms with E-state index in [1.165, 1.54) is 31.4 Å². The first-order chi connectivity index (χ1) is 9.53. The first-order valence-corrected chi connectivity index (χ1v) is 7.86. The van der Waals surface area contributed by atoms with E-state index >= 15 is 0 Å². The van der Waals surface area contributed by atoms with Crippen molar-refractivity contribution in [1.82, 2.24) is 15.3 Å². The minimum Gasteiger partial charge on any atom is -0.370 e. The van der Waals surface area contributed by atoms with Gasteiger partial charge in [-0.15, -0.1) is 0 Å². The molecule has 1 aromatic rings. The van der Waals surface area contributed by atoms with Gasteiger partial charge in [0, 0.05) is 31.6 Å². The van der Waals surface area contributed by atoms with Crippen LogP contribution in [0.3, 0.4) is 0 Å². The van der Waals surface area contributed by atoms with Crippen molar-refractivity contribution < 1.29 is 4.74 Å². The average molecular weight is 277 g/mol. The highest BCUT2D eigenvalue weighted by Crippen LogP contribution is 2.46. The van der Waals surface area contributed by atoms with Crippen LogP contribution in [0.1, 0.15) is 63.9 Å². The molecular weight excluding hydrogens is 250 g/mol. The highest BCUT2D eigenvalue weighted by atomic mass is 16.5. The van der Waals surface area contributed by atoms with Gasteiger partial charge in [-0.2, -0.15) is 0 Å². The number of hydrogen-bond acceptors (Lipinski definition) is 3. The second-order valence-electron chi connectivity index (χ2n) is 7.27. The van der Waals surface area contributed by atoms with Gasteiger partial charge in [0.2, 0.25) is 0 Å². The lowest BCUT2D eigenvalue weighted by Gasteiger charge is -2.41. The summed E-state index contributed by atoms with van der Waals surface area (Å²) in [5, 5.41) is 3.52. The van der Waals surface area contributed by atoms with Crippen LogP contribution in [0.4, 0.5) is 0 Å². The Morgan fingerprint density at radius 1 is 1.30 bits per heavy atom. The molecule has 2 N–H and O–H groups in total. The average Bonchev–Trinajstić information content (AvgIpc) is 3.14. The van der Waals surface area contributed by atoms with Gasteiger partial charge in [0.15, 0.2) is 0 Å². The van der Waals surface area contributed by atoms with E-state index in [4.69, 9.17) is 4.74 Å². The van der Waals surface area contributed by atoms with Gasteiger partial charge in [-0.05, 0) is 43.9 Å². The van der Waals surface area contributed by atoms with Crippen LogP contribution in [0, 0.1) is 5.41 Å². The van der Waals surface area contributed by atoms with Gasteiger partial charge in [0.05, 0.1) is 0 Å². The van der Waals surface area contributed by atoms with Crippen molar-refractivity contribution in [1.29, 1.82) is 0 Å².